The topological polar surface area (TPSA) is 55.8 Å². The Hall–Kier alpha value is -1.41. The van der Waals surface area contributed by atoms with Crippen molar-refractivity contribution in [3.05, 3.63) is 0 Å². The summed E-state index contributed by atoms with van der Waals surface area (Å²) in [6.45, 7) is 2.35. The van der Waals surface area contributed by atoms with E-state index in [1.54, 1.807) is 0 Å². The molecule has 0 rings (SSSR count). The van der Waals surface area contributed by atoms with Crippen molar-refractivity contribution in [1.82, 2.24) is 4.90 Å². The van der Waals surface area contributed by atoms with Gasteiger partial charge in [-0.2, -0.15) is 0 Å². The van der Waals surface area contributed by atoms with Crippen LogP contribution in [0.4, 0.5) is 17.7 Å². The largest absolute Gasteiger partial charge is 0.497 e. The zero-order valence-corrected chi connectivity index (χ0v) is 13.2. The summed E-state index contributed by atoms with van der Waals surface area (Å²) in [6, 6.07) is -1.35. The molecule has 0 bridgehead atoms. The third kappa shape index (κ3) is 7.24. The lowest BCUT2D eigenvalue weighted by Crippen LogP contribution is -2.54. The first-order valence-electron chi connectivity index (χ1n) is 6.57. The van der Waals surface area contributed by atoms with Crippen LogP contribution in [0.15, 0.2) is 0 Å². The molecule has 0 spiro atoms. The van der Waals surface area contributed by atoms with Gasteiger partial charge in [0.1, 0.15) is 11.6 Å². The molecule has 0 aromatic rings. The third-order valence-electron chi connectivity index (χ3n) is 2.44. The van der Waals surface area contributed by atoms with Gasteiger partial charge in [0.15, 0.2) is 0 Å². The lowest BCUT2D eigenvalue weighted by molar-refractivity contribution is -0.148. The molecule has 1 atom stereocenters. The Balaban J connectivity index is 5.47. The third-order valence-corrected chi connectivity index (χ3v) is 2.44. The normalized spacial score (nSPS) is 13.8. The summed E-state index contributed by atoms with van der Waals surface area (Å²) < 4.78 is 47.7. The molecule has 0 aromatic carbocycles. The number of hydrogen-bond acceptors (Lipinski definition) is 4. The SMILES string of the molecule is COC(=O)[C@@H](C(C)C)N(C[B-](F)(F)F)C(=O)OC(C)(C)C. The zero-order chi connectivity index (χ0) is 17.0. The fraction of sp³-hybridized carbons (Fsp3) is 0.833. The van der Waals surface area contributed by atoms with Crippen molar-refractivity contribution < 1.29 is 32.0 Å². The lowest BCUT2D eigenvalue weighted by atomic mass is 9.89. The Kier molecular flexibility index (Phi) is 6.57. The second-order valence-electron chi connectivity index (χ2n) is 6.06. The van der Waals surface area contributed by atoms with Gasteiger partial charge >= 0.3 is 19.0 Å². The van der Waals surface area contributed by atoms with Crippen LogP contribution in [0.3, 0.4) is 0 Å². The summed E-state index contributed by atoms with van der Waals surface area (Å²) in [4.78, 5) is 24.1. The molecule has 5 nitrogen and oxygen atoms in total. The first kappa shape index (κ1) is 19.6. The monoisotopic (exact) mass is 312 g/mol. The standard InChI is InChI=1S/C12H22BF3NO4/c1-8(2)9(10(18)20-6)17(7-13(14,15)16)11(19)21-12(3,4)5/h8-9H,7H2,1-6H3/q-1/t9-/m1/s1. The van der Waals surface area contributed by atoms with Crippen LogP contribution in [0.25, 0.3) is 0 Å². The molecule has 1 amide bonds. The molecule has 0 fully saturated rings. The summed E-state index contributed by atoms with van der Waals surface area (Å²) in [7, 11) is 1.06. The average Bonchev–Trinajstić information content (AvgIpc) is 2.23. The molecule has 0 radical (unpaired) electrons. The van der Waals surface area contributed by atoms with Crippen molar-refractivity contribution in [1.29, 1.82) is 0 Å². The quantitative estimate of drug-likeness (QED) is 0.578. The highest BCUT2D eigenvalue weighted by atomic mass is 19.4. The fourth-order valence-corrected chi connectivity index (χ4v) is 1.73. The van der Waals surface area contributed by atoms with Gasteiger partial charge < -0.3 is 27.3 Å². The van der Waals surface area contributed by atoms with Gasteiger partial charge in [0.2, 0.25) is 0 Å². The second-order valence-corrected chi connectivity index (χ2v) is 6.06. The Morgan fingerprint density at radius 3 is 1.95 bits per heavy atom. The van der Waals surface area contributed by atoms with Crippen molar-refractivity contribution in [2.24, 2.45) is 5.92 Å². The number of hydrogen-bond donors (Lipinski definition) is 0. The van der Waals surface area contributed by atoms with Gasteiger partial charge in [-0.05, 0) is 33.1 Å². The van der Waals surface area contributed by atoms with Gasteiger partial charge in [0, 0.05) is 0 Å². The maximum absolute atomic E-state index is 12.8. The van der Waals surface area contributed by atoms with Gasteiger partial charge in [-0.3, -0.25) is 0 Å². The van der Waals surface area contributed by atoms with E-state index >= 15 is 0 Å². The minimum Gasteiger partial charge on any atom is -0.467 e. The number of carbonyl (C=O) groups excluding carboxylic acids is 2. The minimum atomic E-state index is -5.31. The number of halogens is 3. The molecule has 21 heavy (non-hydrogen) atoms. The lowest BCUT2D eigenvalue weighted by Gasteiger charge is -2.36. The van der Waals surface area contributed by atoms with Crippen LogP contribution < -0.4 is 0 Å². The molecule has 0 saturated heterocycles. The van der Waals surface area contributed by atoms with Crippen LogP contribution in [-0.4, -0.2) is 49.1 Å². The Morgan fingerprint density at radius 2 is 1.67 bits per heavy atom. The smallest absolute Gasteiger partial charge is 0.467 e. The molecular weight excluding hydrogens is 290 g/mol. The number of nitrogens with zero attached hydrogens (tertiary/aromatic N) is 1. The molecule has 0 heterocycles. The highest BCUT2D eigenvalue weighted by molar-refractivity contribution is 6.58. The Morgan fingerprint density at radius 1 is 1.19 bits per heavy atom. The van der Waals surface area contributed by atoms with E-state index in [0.29, 0.717) is 4.90 Å². The van der Waals surface area contributed by atoms with E-state index < -0.39 is 43.0 Å². The van der Waals surface area contributed by atoms with Crippen molar-refractivity contribution in [2.45, 2.75) is 46.3 Å². The number of esters is 1. The molecule has 0 aliphatic rings. The Bertz CT molecular complexity index is 380. The predicted molar refractivity (Wildman–Crippen MR) is 72.7 cm³/mol. The molecular formula is C12H22BF3NO4-. The van der Waals surface area contributed by atoms with Crippen LogP contribution in [0.2, 0.25) is 0 Å². The van der Waals surface area contributed by atoms with Crippen LogP contribution in [0.1, 0.15) is 34.6 Å². The summed E-state index contributed by atoms with van der Waals surface area (Å²) in [5.41, 5.74) is -0.967. The van der Waals surface area contributed by atoms with Crippen LogP contribution in [0.5, 0.6) is 0 Å². The van der Waals surface area contributed by atoms with Gasteiger partial charge in [0.25, 0.3) is 0 Å². The van der Waals surface area contributed by atoms with Crippen molar-refractivity contribution in [2.75, 3.05) is 13.6 Å². The molecule has 0 aromatic heterocycles. The van der Waals surface area contributed by atoms with Crippen LogP contribution in [-0.2, 0) is 14.3 Å². The number of methoxy groups -OCH3 is 1. The van der Waals surface area contributed by atoms with E-state index in [2.05, 4.69) is 4.74 Å². The predicted octanol–water partition coefficient (Wildman–Crippen LogP) is 2.81. The zero-order valence-electron chi connectivity index (χ0n) is 13.2. The Labute approximate surface area is 122 Å². The van der Waals surface area contributed by atoms with Gasteiger partial charge in [-0.1, -0.05) is 13.8 Å². The number of rotatable bonds is 5. The van der Waals surface area contributed by atoms with Crippen LogP contribution >= 0.6 is 0 Å². The fourth-order valence-electron chi connectivity index (χ4n) is 1.73. The molecule has 9 heteroatoms. The van der Waals surface area contributed by atoms with Crippen molar-refractivity contribution in [3.63, 3.8) is 0 Å². The molecule has 0 aliphatic carbocycles. The number of amides is 1. The van der Waals surface area contributed by atoms with Gasteiger partial charge in [-0.25, -0.2) is 9.59 Å². The van der Waals surface area contributed by atoms with Gasteiger partial charge in [-0.15, -0.1) is 0 Å². The minimum absolute atomic E-state index is 0.391. The van der Waals surface area contributed by atoms with E-state index in [0.717, 1.165) is 7.11 Å². The first-order valence-corrected chi connectivity index (χ1v) is 6.57. The molecule has 0 N–H and O–H groups in total. The highest BCUT2D eigenvalue weighted by Gasteiger charge is 2.40. The summed E-state index contributed by atoms with van der Waals surface area (Å²) in [6.07, 6.45) is -2.71. The van der Waals surface area contributed by atoms with E-state index in [1.807, 2.05) is 0 Å². The van der Waals surface area contributed by atoms with Gasteiger partial charge in [0.05, 0.1) is 7.11 Å². The van der Waals surface area contributed by atoms with E-state index in [1.165, 1.54) is 34.6 Å². The molecule has 0 saturated carbocycles. The van der Waals surface area contributed by atoms with Crippen molar-refractivity contribution in [3.8, 4) is 0 Å². The summed E-state index contributed by atoms with van der Waals surface area (Å²) >= 11 is 0. The first-order chi connectivity index (χ1) is 9.28. The summed E-state index contributed by atoms with van der Waals surface area (Å²) in [5.74, 6) is -1.46. The maximum atomic E-state index is 12.8. The van der Waals surface area contributed by atoms with Crippen molar-refractivity contribution >= 4 is 19.0 Å². The van der Waals surface area contributed by atoms with E-state index in [4.69, 9.17) is 4.74 Å². The summed E-state index contributed by atoms with van der Waals surface area (Å²) in [5, 5.41) is 0. The molecule has 0 aliphatic heterocycles. The van der Waals surface area contributed by atoms with Crippen LogP contribution in [0, 0.1) is 5.92 Å². The van der Waals surface area contributed by atoms with E-state index in [9.17, 15) is 22.5 Å². The number of ether oxygens (including phenoxy) is 2. The second kappa shape index (κ2) is 7.04. The number of carbonyl (C=O) groups is 2. The van der Waals surface area contributed by atoms with E-state index in [-0.39, 0.29) is 0 Å². The highest BCUT2D eigenvalue weighted by Crippen LogP contribution is 2.21. The average molecular weight is 312 g/mol. The molecule has 124 valence electrons. The molecule has 0 unspecified atom stereocenters. The maximum Gasteiger partial charge on any atom is 0.497 e.